The predicted octanol–water partition coefficient (Wildman–Crippen LogP) is 0.452. The average molecular weight is 595 g/mol. The maximum absolute atomic E-state index is 13.8. The SMILES string of the molecule is COc1ccc(C[C@H](NC(=O)[C@H](C)NC(=O)CN2CCOCC2)C(=O)N[C@@H](CC2C[C@H]3C#C[C@H]3C2)C(=O)[C@@]2(C)CO2)cc1. The van der Waals surface area contributed by atoms with E-state index in [0.29, 0.717) is 56.9 Å². The van der Waals surface area contributed by atoms with Crippen LogP contribution in [0.15, 0.2) is 24.3 Å². The van der Waals surface area contributed by atoms with Crippen molar-refractivity contribution >= 4 is 23.5 Å². The number of morpholine rings is 1. The van der Waals surface area contributed by atoms with Gasteiger partial charge in [-0.2, -0.15) is 0 Å². The largest absolute Gasteiger partial charge is 0.497 e. The number of rotatable bonds is 14. The molecule has 2 aliphatic heterocycles. The molecular weight excluding hydrogens is 552 g/mol. The Kier molecular flexibility index (Phi) is 9.69. The Morgan fingerprint density at radius 2 is 1.63 bits per heavy atom. The summed E-state index contributed by atoms with van der Waals surface area (Å²) in [6.45, 7) is 6.25. The standard InChI is InChI=1S/C32H42N4O7/c1-20(33-28(37)18-36-10-12-42-13-11-36)30(39)35-27(16-21-4-8-25(41-3)9-5-21)31(40)34-26(29(38)32(2)19-43-32)17-22-14-23-6-7-24(23)15-22/h4-5,8-9,20,22-24,26-27H,10-19H2,1-3H3,(H,33,37)(H,34,40)(H,35,39)/t20-,22?,23-,24+,26-,27-,32+/m0/s1. The van der Waals surface area contributed by atoms with E-state index in [4.69, 9.17) is 14.2 Å². The maximum Gasteiger partial charge on any atom is 0.243 e. The number of ether oxygens (including phenoxy) is 3. The molecule has 3 fully saturated rings. The number of Topliss-reactive ketones (excluding diaryl/α,β-unsaturated/α-hetero) is 1. The van der Waals surface area contributed by atoms with E-state index in [1.54, 1.807) is 33.1 Å². The zero-order valence-corrected chi connectivity index (χ0v) is 25.1. The molecule has 4 aliphatic rings. The summed E-state index contributed by atoms with van der Waals surface area (Å²) < 4.78 is 16.0. The van der Waals surface area contributed by atoms with Gasteiger partial charge in [0.25, 0.3) is 0 Å². The smallest absolute Gasteiger partial charge is 0.243 e. The van der Waals surface area contributed by atoms with Crippen LogP contribution in [0.1, 0.15) is 38.7 Å². The number of carbonyl (C=O) groups excluding carboxylic acids is 4. The van der Waals surface area contributed by atoms with Crippen molar-refractivity contribution in [2.45, 2.75) is 63.3 Å². The number of carbonyl (C=O) groups is 4. The maximum atomic E-state index is 13.8. The van der Waals surface area contributed by atoms with Gasteiger partial charge in [0.1, 0.15) is 23.4 Å². The molecule has 232 valence electrons. The third-order valence-electron chi connectivity index (χ3n) is 8.89. The molecule has 1 unspecified atom stereocenters. The number of fused-ring (bicyclic) bond motifs is 1. The Morgan fingerprint density at radius 3 is 2.21 bits per heavy atom. The van der Waals surface area contributed by atoms with Crippen molar-refractivity contribution < 1.29 is 33.4 Å². The van der Waals surface area contributed by atoms with Crippen LogP contribution in [0.3, 0.4) is 0 Å². The lowest BCUT2D eigenvalue weighted by atomic mass is 9.89. The molecule has 7 atom stereocenters. The van der Waals surface area contributed by atoms with Crippen molar-refractivity contribution in [1.29, 1.82) is 0 Å². The highest BCUT2D eigenvalue weighted by atomic mass is 16.6. The van der Waals surface area contributed by atoms with Crippen LogP contribution in [-0.2, 0) is 35.1 Å². The monoisotopic (exact) mass is 594 g/mol. The number of hydrogen-bond donors (Lipinski definition) is 3. The van der Waals surface area contributed by atoms with E-state index < -0.39 is 35.5 Å². The number of nitrogens with one attached hydrogen (secondary N) is 3. The molecule has 0 spiro atoms. The van der Waals surface area contributed by atoms with Crippen LogP contribution < -0.4 is 20.7 Å². The minimum absolute atomic E-state index is 0.153. The van der Waals surface area contributed by atoms with Gasteiger partial charge in [-0.1, -0.05) is 24.0 Å². The molecule has 1 aromatic carbocycles. The van der Waals surface area contributed by atoms with E-state index in [0.717, 1.165) is 18.4 Å². The van der Waals surface area contributed by atoms with Crippen LogP contribution in [0.4, 0.5) is 0 Å². The minimum Gasteiger partial charge on any atom is -0.497 e. The van der Waals surface area contributed by atoms with Crippen molar-refractivity contribution in [2.24, 2.45) is 17.8 Å². The van der Waals surface area contributed by atoms with E-state index in [9.17, 15) is 19.2 Å². The number of epoxide rings is 1. The molecule has 11 heteroatoms. The van der Waals surface area contributed by atoms with E-state index in [-0.39, 0.29) is 30.6 Å². The quantitative estimate of drug-likeness (QED) is 0.209. The fourth-order valence-corrected chi connectivity index (χ4v) is 6.05. The molecule has 1 saturated carbocycles. The third-order valence-corrected chi connectivity index (χ3v) is 8.89. The molecular formula is C32H42N4O7. The topological polar surface area (TPSA) is 139 Å². The zero-order valence-electron chi connectivity index (χ0n) is 25.1. The van der Waals surface area contributed by atoms with Crippen molar-refractivity contribution in [3.8, 4) is 17.6 Å². The summed E-state index contributed by atoms with van der Waals surface area (Å²) in [7, 11) is 1.57. The van der Waals surface area contributed by atoms with Crippen molar-refractivity contribution in [3.63, 3.8) is 0 Å². The van der Waals surface area contributed by atoms with Gasteiger partial charge in [0, 0.05) is 31.3 Å². The van der Waals surface area contributed by atoms with Gasteiger partial charge >= 0.3 is 0 Å². The molecule has 11 nitrogen and oxygen atoms in total. The highest BCUT2D eigenvalue weighted by Crippen LogP contribution is 2.42. The number of amides is 3. The average Bonchev–Trinajstić information content (AvgIpc) is 3.68. The number of methoxy groups -OCH3 is 1. The fourth-order valence-electron chi connectivity index (χ4n) is 6.05. The summed E-state index contributed by atoms with van der Waals surface area (Å²) in [6, 6.07) is 4.63. The molecule has 5 rings (SSSR count). The molecule has 2 saturated heterocycles. The lowest BCUT2D eigenvalue weighted by Crippen LogP contribution is -2.57. The van der Waals surface area contributed by atoms with E-state index in [1.807, 2.05) is 17.0 Å². The Balaban J connectivity index is 1.25. The zero-order chi connectivity index (χ0) is 30.6. The Labute approximate surface area is 252 Å². The summed E-state index contributed by atoms with van der Waals surface area (Å²) in [5, 5.41) is 8.53. The lowest BCUT2D eigenvalue weighted by Gasteiger charge is -2.27. The molecule has 2 aliphatic carbocycles. The molecule has 0 aromatic heterocycles. The first-order valence-corrected chi connectivity index (χ1v) is 15.2. The summed E-state index contributed by atoms with van der Waals surface area (Å²) in [6.07, 6.45) is 2.52. The third kappa shape index (κ3) is 7.93. The van der Waals surface area contributed by atoms with Crippen LogP contribution in [0.2, 0.25) is 0 Å². The van der Waals surface area contributed by atoms with Gasteiger partial charge in [0.15, 0.2) is 5.78 Å². The molecule has 3 N–H and O–H groups in total. The van der Waals surface area contributed by atoms with Gasteiger partial charge in [-0.3, -0.25) is 24.1 Å². The summed E-state index contributed by atoms with van der Waals surface area (Å²) in [5.74, 6) is 6.71. The van der Waals surface area contributed by atoms with E-state index in [2.05, 4.69) is 27.8 Å². The second-order valence-electron chi connectivity index (χ2n) is 12.3. The Hall–Kier alpha value is -3.46. The first-order valence-electron chi connectivity index (χ1n) is 15.2. The van der Waals surface area contributed by atoms with Gasteiger partial charge in [0.05, 0.1) is 39.5 Å². The lowest BCUT2D eigenvalue weighted by molar-refractivity contribution is -0.134. The highest BCUT2D eigenvalue weighted by molar-refractivity contribution is 5.98. The van der Waals surface area contributed by atoms with Crippen LogP contribution in [0.5, 0.6) is 5.75 Å². The molecule has 0 radical (unpaired) electrons. The number of benzene rings is 1. The Morgan fingerprint density at radius 1 is 1.00 bits per heavy atom. The molecule has 2 heterocycles. The van der Waals surface area contributed by atoms with Crippen LogP contribution in [0, 0.1) is 29.6 Å². The van der Waals surface area contributed by atoms with Crippen LogP contribution in [-0.4, -0.2) is 98.7 Å². The molecule has 43 heavy (non-hydrogen) atoms. The number of hydrogen-bond acceptors (Lipinski definition) is 8. The van der Waals surface area contributed by atoms with Gasteiger partial charge < -0.3 is 30.2 Å². The van der Waals surface area contributed by atoms with Gasteiger partial charge in [-0.05, 0) is 56.7 Å². The first-order chi connectivity index (χ1) is 20.6. The van der Waals surface area contributed by atoms with Crippen LogP contribution >= 0.6 is 0 Å². The highest BCUT2D eigenvalue weighted by Gasteiger charge is 2.51. The minimum atomic E-state index is -0.981. The summed E-state index contributed by atoms with van der Waals surface area (Å²) >= 11 is 0. The molecule has 0 bridgehead atoms. The molecule has 3 amide bonds. The van der Waals surface area contributed by atoms with Gasteiger partial charge in [0.2, 0.25) is 17.7 Å². The van der Waals surface area contributed by atoms with Crippen molar-refractivity contribution in [2.75, 3.05) is 46.6 Å². The summed E-state index contributed by atoms with van der Waals surface area (Å²) in [5.41, 5.74) is -0.102. The molecule has 1 aromatic rings. The van der Waals surface area contributed by atoms with E-state index >= 15 is 0 Å². The van der Waals surface area contributed by atoms with Gasteiger partial charge in [-0.15, -0.1) is 0 Å². The number of ketones is 1. The van der Waals surface area contributed by atoms with Crippen LogP contribution in [0.25, 0.3) is 0 Å². The fraction of sp³-hybridized carbons (Fsp3) is 0.625. The van der Waals surface area contributed by atoms with Crippen molar-refractivity contribution in [1.82, 2.24) is 20.9 Å². The van der Waals surface area contributed by atoms with Crippen molar-refractivity contribution in [3.05, 3.63) is 29.8 Å². The second-order valence-corrected chi connectivity index (χ2v) is 12.3. The predicted molar refractivity (Wildman–Crippen MR) is 157 cm³/mol. The number of nitrogens with zero attached hydrogens (tertiary/aromatic N) is 1. The second kappa shape index (κ2) is 13.5. The Bertz CT molecular complexity index is 1250. The first kappa shape index (κ1) is 31.0. The normalized spacial score (nSPS) is 27.7. The van der Waals surface area contributed by atoms with E-state index in [1.165, 1.54) is 0 Å². The summed E-state index contributed by atoms with van der Waals surface area (Å²) in [4.78, 5) is 55.1. The van der Waals surface area contributed by atoms with Gasteiger partial charge in [-0.25, -0.2) is 0 Å².